The third-order valence-corrected chi connectivity index (χ3v) is 7.06. The Balaban J connectivity index is 4.35. The lowest BCUT2D eigenvalue weighted by Gasteiger charge is -2.22. The molecule has 0 saturated heterocycles. The minimum absolute atomic E-state index is 0.419. The average molecular weight is 292 g/mol. The van der Waals surface area contributed by atoms with Gasteiger partial charge in [0.25, 0.3) is 0 Å². The molecule has 0 aliphatic rings. The van der Waals surface area contributed by atoms with Crippen LogP contribution in [0.2, 0.25) is 19.1 Å². The molecule has 0 N–H and O–H groups in total. The molecule has 0 unspecified atom stereocenters. The molecule has 0 fully saturated rings. The van der Waals surface area contributed by atoms with Crippen molar-refractivity contribution in [2.45, 2.75) is 57.3 Å². The van der Waals surface area contributed by atoms with E-state index in [2.05, 4.69) is 3.87 Å². The van der Waals surface area contributed by atoms with Gasteiger partial charge in [0, 0.05) is 0 Å². The molecular formula is C9H19F3O3SSi. The third-order valence-electron chi connectivity index (χ3n) is 2.25. The summed E-state index contributed by atoms with van der Waals surface area (Å²) in [5.74, 6) is 0. The van der Waals surface area contributed by atoms with Crippen LogP contribution < -0.4 is 0 Å². The molecule has 0 saturated carbocycles. The van der Waals surface area contributed by atoms with Gasteiger partial charge in [-0.25, -0.2) is 0 Å². The molecule has 0 bridgehead atoms. The van der Waals surface area contributed by atoms with Crippen molar-refractivity contribution in [3.05, 3.63) is 0 Å². The second-order valence-electron chi connectivity index (χ2n) is 4.55. The van der Waals surface area contributed by atoms with Gasteiger partial charge in [-0.3, -0.25) is 0 Å². The predicted molar refractivity (Wildman–Crippen MR) is 62.5 cm³/mol. The minimum atomic E-state index is -5.44. The summed E-state index contributed by atoms with van der Waals surface area (Å²) in [6, 6.07) is 0.419. The lowest BCUT2D eigenvalue weighted by molar-refractivity contribution is -0.0503. The van der Waals surface area contributed by atoms with Gasteiger partial charge in [0.1, 0.15) is 0 Å². The number of alkyl halides is 3. The molecule has 0 aliphatic heterocycles. The Morgan fingerprint density at radius 3 is 2.06 bits per heavy atom. The molecule has 0 heterocycles. The van der Waals surface area contributed by atoms with Crippen LogP contribution >= 0.6 is 0 Å². The van der Waals surface area contributed by atoms with Crippen LogP contribution in [0.4, 0.5) is 13.2 Å². The number of hydrogen-bond donors (Lipinski definition) is 0. The van der Waals surface area contributed by atoms with Gasteiger partial charge in [-0.05, 0) is 19.1 Å². The summed E-state index contributed by atoms with van der Waals surface area (Å²) in [6.07, 6.45) is 3.61. The highest BCUT2D eigenvalue weighted by molar-refractivity contribution is 7.88. The lowest BCUT2D eigenvalue weighted by Crippen LogP contribution is -2.38. The molecule has 0 aromatic heterocycles. The summed E-state index contributed by atoms with van der Waals surface area (Å²) in [7, 11) is -8.24. The maximum atomic E-state index is 12.1. The first kappa shape index (κ1) is 16.9. The zero-order valence-electron chi connectivity index (χ0n) is 10.3. The van der Waals surface area contributed by atoms with Crippen LogP contribution in [0.1, 0.15) is 32.6 Å². The maximum absolute atomic E-state index is 12.1. The average Bonchev–Trinajstić information content (AvgIpc) is 2.09. The van der Waals surface area contributed by atoms with Crippen LogP contribution in [0.25, 0.3) is 0 Å². The van der Waals surface area contributed by atoms with Crippen LogP contribution in [0.5, 0.6) is 0 Å². The van der Waals surface area contributed by atoms with Gasteiger partial charge in [0.2, 0.25) is 8.32 Å². The van der Waals surface area contributed by atoms with Crippen molar-refractivity contribution in [2.75, 3.05) is 0 Å². The summed E-state index contributed by atoms with van der Waals surface area (Å²) in [4.78, 5) is 0. The van der Waals surface area contributed by atoms with Crippen molar-refractivity contribution < 1.29 is 25.5 Å². The van der Waals surface area contributed by atoms with Gasteiger partial charge < -0.3 is 3.87 Å². The van der Waals surface area contributed by atoms with Gasteiger partial charge in [-0.2, -0.15) is 21.6 Å². The van der Waals surface area contributed by atoms with Crippen LogP contribution in [-0.4, -0.2) is 22.2 Å². The molecule has 0 spiro atoms. The molecule has 0 aromatic rings. The molecule has 104 valence electrons. The molecule has 0 amide bonds. The Kier molecular flexibility index (Phi) is 6.16. The van der Waals surface area contributed by atoms with Crippen molar-refractivity contribution in [2.24, 2.45) is 0 Å². The smallest absolute Gasteiger partial charge is 0.308 e. The molecule has 17 heavy (non-hydrogen) atoms. The summed E-state index contributed by atoms with van der Waals surface area (Å²) in [5.41, 5.74) is -5.32. The van der Waals surface area contributed by atoms with Crippen LogP contribution in [0.15, 0.2) is 0 Å². The van der Waals surface area contributed by atoms with Crippen LogP contribution in [0.3, 0.4) is 0 Å². The van der Waals surface area contributed by atoms with Gasteiger partial charge in [-0.15, -0.1) is 0 Å². The third kappa shape index (κ3) is 6.42. The largest absolute Gasteiger partial charge is 0.522 e. The monoisotopic (exact) mass is 292 g/mol. The van der Waals surface area contributed by atoms with E-state index in [0.29, 0.717) is 12.5 Å². The van der Waals surface area contributed by atoms with E-state index in [0.717, 1.165) is 19.3 Å². The second-order valence-corrected chi connectivity index (χ2v) is 10.6. The highest BCUT2D eigenvalue weighted by atomic mass is 32.2. The van der Waals surface area contributed by atoms with E-state index in [1.807, 2.05) is 6.92 Å². The zero-order chi connectivity index (χ0) is 13.7. The summed E-state index contributed by atoms with van der Waals surface area (Å²) < 4.78 is 62.4. The highest BCUT2D eigenvalue weighted by Crippen LogP contribution is 2.29. The Morgan fingerprint density at radius 1 is 1.12 bits per heavy atom. The summed E-state index contributed by atoms with van der Waals surface area (Å²) in [5, 5.41) is 0. The topological polar surface area (TPSA) is 43.4 Å². The normalized spacial score (nSPS) is 14.0. The summed E-state index contributed by atoms with van der Waals surface area (Å²) >= 11 is 0. The fraction of sp³-hybridized carbons (Fsp3) is 1.00. The Bertz CT molecular complexity index is 325. The maximum Gasteiger partial charge on any atom is 0.522 e. The minimum Gasteiger partial charge on any atom is -0.308 e. The van der Waals surface area contributed by atoms with E-state index in [1.165, 1.54) is 13.1 Å². The van der Waals surface area contributed by atoms with Crippen molar-refractivity contribution in [1.29, 1.82) is 0 Å². The molecule has 0 aromatic carbocycles. The van der Waals surface area contributed by atoms with Gasteiger partial charge >= 0.3 is 15.6 Å². The van der Waals surface area contributed by atoms with Gasteiger partial charge in [-0.1, -0.05) is 32.6 Å². The van der Waals surface area contributed by atoms with Gasteiger partial charge in [0.05, 0.1) is 0 Å². The standard InChI is InChI=1S/C9H19F3O3SSi/c1-4-5-6-7-8-17(2,3)15-16(13,14)9(10,11)12/h4-8H2,1-3H3. The Morgan fingerprint density at radius 2 is 1.65 bits per heavy atom. The van der Waals surface area contributed by atoms with E-state index in [-0.39, 0.29) is 0 Å². The molecule has 0 atom stereocenters. The molecular weight excluding hydrogens is 273 g/mol. The summed E-state index contributed by atoms with van der Waals surface area (Å²) in [6.45, 7) is 5.00. The van der Waals surface area contributed by atoms with Crippen LogP contribution in [-0.2, 0) is 14.0 Å². The Labute approximate surface area is 102 Å². The SMILES string of the molecule is CCCCCC[Si](C)(C)OS(=O)(=O)C(F)(F)F. The zero-order valence-corrected chi connectivity index (χ0v) is 12.1. The Hall–Kier alpha value is -0.0831. The molecule has 0 aliphatic carbocycles. The van der Waals surface area contributed by atoms with Crippen molar-refractivity contribution in [3.8, 4) is 0 Å². The molecule has 0 radical (unpaired) electrons. The first-order valence-electron chi connectivity index (χ1n) is 5.54. The predicted octanol–water partition coefficient (Wildman–Crippen LogP) is 3.64. The van der Waals surface area contributed by atoms with E-state index >= 15 is 0 Å². The first-order valence-corrected chi connectivity index (χ1v) is 10.1. The fourth-order valence-electron chi connectivity index (χ4n) is 1.36. The van der Waals surface area contributed by atoms with Crippen molar-refractivity contribution in [3.63, 3.8) is 0 Å². The molecule has 3 nitrogen and oxygen atoms in total. The van der Waals surface area contributed by atoms with E-state index in [1.54, 1.807) is 0 Å². The number of unbranched alkanes of at least 4 members (excludes halogenated alkanes) is 3. The van der Waals surface area contributed by atoms with E-state index in [9.17, 15) is 21.6 Å². The van der Waals surface area contributed by atoms with E-state index in [4.69, 9.17) is 0 Å². The number of halogens is 3. The lowest BCUT2D eigenvalue weighted by atomic mass is 10.2. The molecule has 8 heteroatoms. The number of hydrogen-bond acceptors (Lipinski definition) is 3. The second kappa shape index (κ2) is 6.19. The fourth-order valence-corrected chi connectivity index (χ4v) is 5.55. The van der Waals surface area contributed by atoms with Crippen LogP contribution in [0, 0.1) is 0 Å². The van der Waals surface area contributed by atoms with E-state index < -0.39 is 23.9 Å². The highest BCUT2D eigenvalue weighted by Gasteiger charge is 2.50. The quantitative estimate of drug-likeness (QED) is 0.409. The molecule has 0 rings (SSSR count). The first-order chi connectivity index (χ1) is 7.52. The van der Waals surface area contributed by atoms with Gasteiger partial charge in [0.15, 0.2) is 0 Å². The number of rotatable bonds is 7. The van der Waals surface area contributed by atoms with Crippen molar-refractivity contribution >= 4 is 18.4 Å². The van der Waals surface area contributed by atoms with Crippen molar-refractivity contribution in [1.82, 2.24) is 0 Å².